The number of amides is 2. The molecular weight excluding hydrogens is 641 g/mol. The lowest BCUT2D eigenvalue weighted by atomic mass is 9.97. The molecule has 242 valence electrons. The molecule has 1 aliphatic rings. The summed E-state index contributed by atoms with van der Waals surface area (Å²) in [6.07, 6.45) is 0. The molecule has 0 bridgehead atoms. The molecule has 0 aliphatic carbocycles. The number of nitrogens with zero attached hydrogens (tertiary/aromatic N) is 4. The molecular formula is C46H26N4O2. The highest BCUT2D eigenvalue weighted by Gasteiger charge is 2.40. The van der Waals surface area contributed by atoms with Gasteiger partial charge in [-0.3, -0.25) is 9.59 Å². The third-order valence-corrected chi connectivity index (χ3v) is 9.81. The van der Waals surface area contributed by atoms with Crippen LogP contribution in [0.3, 0.4) is 0 Å². The quantitative estimate of drug-likeness (QED) is 0.136. The first-order chi connectivity index (χ1) is 25.6. The molecule has 0 N–H and O–H groups in total. The highest BCUT2D eigenvalue weighted by Crippen LogP contribution is 2.45. The lowest BCUT2D eigenvalue weighted by Crippen LogP contribution is -2.29. The Bertz CT molecular complexity index is 2760. The van der Waals surface area contributed by atoms with Crippen molar-refractivity contribution in [2.45, 2.75) is 0 Å². The van der Waals surface area contributed by atoms with Crippen LogP contribution in [0.1, 0.15) is 26.3 Å². The second-order valence-electron chi connectivity index (χ2n) is 12.6. The van der Waals surface area contributed by atoms with E-state index in [4.69, 9.17) is 6.57 Å². The van der Waals surface area contributed by atoms with Crippen LogP contribution in [0.4, 0.5) is 11.4 Å². The zero-order chi connectivity index (χ0) is 35.3. The van der Waals surface area contributed by atoms with Crippen molar-refractivity contribution in [3.8, 4) is 45.1 Å². The third kappa shape index (κ3) is 4.56. The fourth-order valence-corrected chi connectivity index (χ4v) is 7.55. The van der Waals surface area contributed by atoms with Gasteiger partial charge in [0.2, 0.25) is 0 Å². The SMILES string of the molecule is [C-]#[N+]c1ccccc1-c1cccc2c3cccc(-c4ccccc4C#N)c3n(-c3cccc4c3C(=O)N(c3cccc(-c5ccccc5)c3)C4=O)c12. The first-order valence-corrected chi connectivity index (χ1v) is 16.8. The Morgan fingerprint density at radius 1 is 0.538 bits per heavy atom. The highest BCUT2D eigenvalue weighted by molar-refractivity contribution is 6.36. The lowest BCUT2D eigenvalue weighted by molar-refractivity contribution is 0.0926. The van der Waals surface area contributed by atoms with E-state index in [1.54, 1.807) is 24.3 Å². The van der Waals surface area contributed by atoms with Crippen LogP contribution < -0.4 is 4.90 Å². The van der Waals surface area contributed by atoms with E-state index in [-0.39, 0.29) is 5.56 Å². The minimum absolute atomic E-state index is 0.285. The van der Waals surface area contributed by atoms with Gasteiger partial charge in [-0.25, -0.2) is 9.74 Å². The van der Waals surface area contributed by atoms with Crippen molar-refractivity contribution >= 4 is 45.0 Å². The summed E-state index contributed by atoms with van der Waals surface area (Å²) >= 11 is 0. The third-order valence-electron chi connectivity index (χ3n) is 9.81. The van der Waals surface area contributed by atoms with Crippen LogP contribution in [-0.2, 0) is 0 Å². The number of hydrogen-bond donors (Lipinski definition) is 0. The Morgan fingerprint density at radius 2 is 1.12 bits per heavy atom. The molecule has 8 aromatic rings. The van der Waals surface area contributed by atoms with Crippen LogP contribution in [-0.4, -0.2) is 16.4 Å². The van der Waals surface area contributed by atoms with Crippen molar-refractivity contribution in [1.82, 2.24) is 4.57 Å². The van der Waals surface area contributed by atoms with Gasteiger partial charge in [0.05, 0.1) is 51.7 Å². The molecule has 0 radical (unpaired) electrons. The summed E-state index contributed by atoms with van der Waals surface area (Å²) in [6.45, 7) is 7.98. The van der Waals surface area contributed by atoms with E-state index in [0.29, 0.717) is 28.2 Å². The van der Waals surface area contributed by atoms with Gasteiger partial charge in [-0.15, -0.1) is 0 Å². The minimum Gasteiger partial charge on any atom is -0.307 e. The number of anilines is 1. The van der Waals surface area contributed by atoms with Gasteiger partial charge < -0.3 is 4.57 Å². The number of nitriles is 1. The Morgan fingerprint density at radius 3 is 1.85 bits per heavy atom. The number of rotatable bonds is 5. The molecule has 0 spiro atoms. The van der Waals surface area contributed by atoms with Crippen LogP contribution in [0, 0.1) is 17.9 Å². The highest BCUT2D eigenvalue weighted by atomic mass is 16.2. The summed E-state index contributed by atoms with van der Waals surface area (Å²) in [4.78, 5) is 34.1. The number of carbonyl (C=O) groups excluding carboxylic acids is 2. The van der Waals surface area contributed by atoms with Crippen LogP contribution in [0.2, 0.25) is 0 Å². The molecule has 0 saturated carbocycles. The van der Waals surface area contributed by atoms with Crippen molar-refractivity contribution < 1.29 is 9.59 Å². The van der Waals surface area contributed by atoms with E-state index >= 15 is 0 Å². The molecule has 9 rings (SSSR count). The molecule has 1 aromatic heterocycles. The van der Waals surface area contributed by atoms with E-state index in [1.165, 1.54) is 4.90 Å². The van der Waals surface area contributed by atoms with Gasteiger partial charge in [0, 0.05) is 21.9 Å². The first-order valence-electron chi connectivity index (χ1n) is 16.8. The maximum Gasteiger partial charge on any atom is 0.268 e. The van der Waals surface area contributed by atoms with Crippen molar-refractivity contribution in [2.24, 2.45) is 0 Å². The molecule has 6 nitrogen and oxygen atoms in total. The van der Waals surface area contributed by atoms with Crippen LogP contribution in [0.15, 0.2) is 158 Å². The predicted octanol–water partition coefficient (Wildman–Crippen LogP) is 11.0. The number of carbonyl (C=O) groups is 2. The summed E-state index contributed by atoms with van der Waals surface area (Å²) in [7, 11) is 0. The molecule has 0 unspecified atom stereocenters. The van der Waals surface area contributed by atoms with Crippen LogP contribution in [0.5, 0.6) is 0 Å². The zero-order valence-corrected chi connectivity index (χ0v) is 27.6. The summed E-state index contributed by atoms with van der Waals surface area (Å²) in [5.74, 6) is -0.828. The minimum atomic E-state index is -0.426. The number of fused-ring (bicyclic) bond motifs is 4. The Balaban J connectivity index is 1.36. The van der Waals surface area contributed by atoms with E-state index in [0.717, 1.165) is 55.2 Å². The average Bonchev–Trinajstić information content (AvgIpc) is 3.69. The number of imide groups is 1. The lowest BCUT2D eigenvalue weighted by Gasteiger charge is -2.17. The van der Waals surface area contributed by atoms with Gasteiger partial charge in [0.25, 0.3) is 11.8 Å². The smallest absolute Gasteiger partial charge is 0.268 e. The molecule has 0 saturated heterocycles. The largest absolute Gasteiger partial charge is 0.307 e. The molecule has 0 atom stereocenters. The van der Waals surface area contributed by atoms with E-state index in [9.17, 15) is 14.9 Å². The molecule has 0 fully saturated rings. The Labute approximate surface area is 299 Å². The summed E-state index contributed by atoms with van der Waals surface area (Å²) < 4.78 is 2.05. The standard InChI is InChI=1S/C46H26N4O2/c1-48-40-25-8-7-19-34(40)36-21-11-23-38-37-22-10-20-35(33-18-6-5-15-31(33)28-47)43(37)50(44(36)38)41-26-12-24-39-42(41)46(52)49(45(39)51)32-17-9-16-30(27-32)29-13-3-2-4-14-29/h2-27H. The van der Waals surface area contributed by atoms with E-state index < -0.39 is 11.8 Å². The molecule has 1 aliphatic heterocycles. The van der Waals surface area contributed by atoms with Crippen LogP contribution in [0.25, 0.3) is 65.7 Å². The molecule has 6 heteroatoms. The zero-order valence-electron chi connectivity index (χ0n) is 27.6. The number of hydrogen-bond acceptors (Lipinski definition) is 3. The van der Waals surface area contributed by atoms with Crippen molar-refractivity contribution in [3.05, 3.63) is 186 Å². The van der Waals surface area contributed by atoms with Crippen molar-refractivity contribution in [1.29, 1.82) is 5.26 Å². The van der Waals surface area contributed by atoms with Gasteiger partial charge in [-0.2, -0.15) is 5.26 Å². The summed E-state index contributed by atoms with van der Waals surface area (Å²) in [5.41, 5.74) is 9.16. The van der Waals surface area contributed by atoms with Crippen molar-refractivity contribution in [3.63, 3.8) is 0 Å². The van der Waals surface area contributed by atoms with Gasteiger partial charge in [-0.05, 0) is 52.6 Å². The molecule has 7 aromatic carbocycles. The Hall–Kier alpha value is -7.54. The topological polar surface area (TPSA) is 70.5 Å². The summed E-state index contributed by atoms with van der Waals surface area (Å²) in [5, 5.41) is 12.0. The van der Waals surface area contributed by atoms with Gasteiger partial charge in [0.1, 0.15) is 0 Å². The van der Waals surface area contributed by atoms with Gasteiger partial charge in [-0.1, -0.05) is 127 Å². The van der Waals surface area contributed by atoms with Crippen LogP contribution >= 0.6 is 0 Å². The van der Waals surface area contributed by atoms with Gasteiger partial charge >= 0.3 is 0 Å². The molecule has 2 amide bonds. The first kappa shape index (κ1) is 30.5. The average molecular weight is 667 g/mol. The predicted molar refractivity (Wildman–Crippen MR) is 206 cm³/mol. The fraction of sp³-hybridized carbons (Fsp3) is 0. The number of para-hydroxylation sites is 3. The fourth-order valence-electron chi connectivity index (χ4n) is 7.55. The Kier molecular flexibility index (Phi) is 7.10. The van der Waals surface area contributed by atoms with Gasteiger partial charge in [0.15, 0.2) is 5.69 Å². The molecule has 2 heterocycles. The number of benzene rings is 7. The number of aromatic nitrogens is 1. The summed E-state index contributed by atoms with van der Waals surface area (Å²) in [6, 6.07) is 52.0. The van der Waals surface area contributed by atoms with Crippen molar-refractivity contribution in [2.75, 3.05) is 4.90 Å². The molecule has 52 heavy (non-hydrogen) atoms. The van der Waals surface area contributed by atoms with E-state index in [2.05, 4.69) is 15.5 Å². The second kappa shape index (κ2) is 12.1. The van der Waals surface area contributed by atoms with E-state index in [1.807, 2.05) is 133 Å². The second-order valence-corrected chi connectivity index (χ2v) is 12.6. The maximum atomic E-state index is 14.8. The normalized spacial score (nSPS) is 12.2. The monoisotopic (exact) mass is 666 g/mol. The maximum absolute atomic E-state index is 14.8.